The van der Waals surface area contributed by atoms with Crippen molar-refractivity contribution in [2.75, 3.05) is 13.2 Å². The summed E-state index contributed by atoms with van der Waals surface area (Å²) in [4.78, 5) is 4.70. The number of aromatic amines is 1. The SMILES string of the molecule is Cc1cc(Cn2cnc(-c3ccccc3)c2-c2ccc(OCCO)cc2)n[nH]1. The molecule has 0 saturated heterocycles. The monoisotopic (exact) mass is 374 g/mol. The number of aromatic nitrogens is 4. The van der Waals surface area contributed by atoms with Crippen LogP contribution in [0, 0.1) is 6.92 Å². The highest BCUT2D eigenvalue weighted by atomic mass is 16.5. The van der Waals surface area contributed by atoms with Crippen LogP contribution in [0.3, 0.4) is 0 Å². The maximum absolute atomic E-state index is 8.93. The van der Waals surface area contributed by atoms with Crippen molar-refractivity contribution in [3.8, 4) is 28.3 Å². The van der Waals surface area contributed by atoms with E-state index in [-0.39, 0.29) is 13.2 Å². The van der Waals surface area contributed by atoms with Gasteiger partial charge < -0.3 is 14.4 Å². The van der Waals surface area contributed by atoms with E-state index in [1.165, 1.54) is 0 Å². The van der Waals surface area contributed by atoms with Gasteiger partial charge in [0.25, 0.3) is 0 Å². The molecule has 2 heterocycles. The summed E-state index contributed by atoms with van der Waals surface area (Å²) in [6.45, 7) is 2.90. The van der Waals surface area contributed by atoms with Gasteiger partial charge in [0.2, 0.25) is 0 Å². The van der Waals surface area contributed by atoms with Crippen LogP contribution in [0.4, 0.5) is 0 Å². The fourth-order valence-corrected chi connectivity index (χ4v) is 3.21. The van der Waals surface area contributed by atoms with Gasteiger partial charge in [-0.15, -0.1) is 0 Å². The minimum Gasteiger partial charge on any atom is -0.491 e. The second kappa shape index (κ2) is 8.10. The van der Waals surface area contributed by atoms with Gasteiger partial charge in [0.05, 0.1) is 36.6 Å². The first-order chi connectivity index (χ1) is 13.7. The van der Waals surface area contributed by atoms with Crippen molar-refractivity contribution < 1.29 is 9.84 Å². The third-order valence-electron chi connectivity index (χ3n) is 4.46. The highest BCUT2D eigenvalue weighted by Gasteiger charge is 2.16. The smallest absolute Gasteiger partial charge is 0.119 e. The molecule has 4 rings (SSSR count). The third-order valence-corrected chi connectivity index (χ3v) is 4.46. The Bertz CT molecular complexity index is 1040. The Morgan fingerprint density at radius 1 is 1.04 bits per heavy atom. The number of H-pyrrole nitrogens is 1. The molecule has 2 aromatic carbocycles. The summed E-state index contributed by atoms with van der Waals surface area (Å²) < 4.78 is 7.60. The largest absolute Gasteiger partial charge is 0.491 e. The normalized spacial score (nSPS) is 10.9. The maximum atomic E-state index is 8.93. The second-order valence-corrected chi connectivity index (χ2v) is 6.57. The van der Waals surface area contributed by atoms with Crippen LogP contribution in [0.25, 0.3) is 22.5 Å². The standard InChI is InChI=1S/C22H22N4O2/c1-16-13-19(25-24-16)14-26-15-23-21(17-5-3-2-4-6-17)22(26)18-7-9-20(10-8-18)28-12-11-27/h2-10,13,15,27H,11-12,14H2,1H3,(H,24,25). The lowest BCUT2D eigenvalue weighted by Gasteiger charge is -2.11. The van der Waals surface area contributed by atoms with Crippen molar-refractivity contribution >= 4 is 0 Å². The zero-order valence-corrected chi connectivity index (χ0v) is 15.7. The minimum absolute atomic E-state index is 0.00421. The van der Waals surface area contributed by atoms with E-state index in [4.69, 9.17) is 14.8 Å². The molecule has 0 spiro atoms. The van der Waals surface area contributed by atoms with E-state index >= 15 is 0 Å². The van der Waals surface area contributed by atoms with Crippen LogP contribution in [0.5, 0.6) is 5.75 Å². The van der Waals surface area contributed by atoms with Gasteiger partial charge in [0, 0.05) is 16.8 Å². The van der Waals surface area contributed by atoms with Crippen molar-refractivity contribution in [3.63, 3.8) is 0 Å². The molecule has 0 bridgehead atoms. The number of rotatable bonds is 7. The Balaban J connectivity index is 1.74. The first-order valence-corrected chi connectivity index (χ1v) is 9.20. The molecule has 0 unspecified atom stereocenters. The van der Waals surface area contributed by atoms with Gasteiger partial charge in [0.1, 0.15) is 12.4 Å². The van der Waals surface area contributed by atoms with Crippen molar-refractivity contribution in [2.45, 2.75) is 13.5 Å². The molecule has 2 aromatic heterocycles. The fourth-order valence-electron chi connectivity index (χ4n) is 3.21. The number of nitrogens with one attached hydrogen (secondary N) is 1. The summed E-state index contributed by atoms with van der Waals surface area (Å²) >= 11 is 0. The Kier molecular flexibility index (Phi) is 5.21. The predicted octanol–water partition coefficient (Wildman–Crippen LogP) is 3.67. The highest BCUT2D eigenvalue weighted by Crippen LogP contribution is 2.32. The van der Waals surface area contributed by atoms with Gasteiger partial charge in [-0.25, -0.2) is 4.98 Å². The predicted molar refractivity (Wildman–Crippen MR) is 108 cm³/mol. The summed E-state index contributed by atoms with van der Waals surface area (Å²) in [6.07, 6.45) is 1.86. The van der Waals surface area contributed by atoms with E-state index in [2.05, 4.69) is 26.9 Å². The molecular weight excluding hydrogens is 352 g/mol. The molecule has 0 fully saturated rings. The molecule has 0 radical (unpaired) electrons. The first kappa shape index (κ1) is 18.0. The van der Waals surface area contributed by atoms with Gasteiger partial charge in [-0.05, 0) is 37.3 Å². The molecule has 0 aliphatic heterocycles. The molecule has 0 amide bonds. The van der Waals surface area contributed by atoms with E-state index in [1.54, 1.807) is 0 Å². The van der Waals surface area contributed by atoms with Crippen molar-refractivity contribution in [2.24, 2.45) is 0 Å². The number of hydrogen-bond donors (Lipinski definition) is 2. The quantitative estimate of drug-likeness (QED) is 0.518. The van der Waals surface area contributed by atoms with E-state index in [0.29, 0.717) is 6.54 Å². The first-order valence-electron chi connectivity index (χ1n) is 9.20. The number of hydrogen-bond acceptors (Lipinski definition) is 4. The topological polar surface area (TPSA) is 76.0 Å². The Morgan fingerprint density at radius 3 is 2.50 bits per heavy atom. The van der Waals surface area contributed by atoms with Crippen LogP contribution in [0.1, 0.15) is 11.4 Å². The van der Waals surface area contributed by atoms with Crippen LogP contribution in [0.15, 0.2) is 67.0 Å². The molecule has 4 aromatic rings. The summed E-state index contributed by atoms with van der Waals surface area (Å²) in [6, 6.07) is 20.1. The van der Waals surface area contributed by atoms with E-state index in [0.717, 1.165) is 39.7 Å². The number of aliphatic hydroxyl groups excluding tert-OH is 1. The molecule has 28 heavy (non-hydrogen) atoms. The summed E-state index contributed by atoms with van der Waals surface area (Å²) in [5.74, 6) is 0.730. The van der Waals surface area contributed by atoms with Crippen LogP contribution in [0.2, 0.25) is 0 Å². The summed E-state index contributed by atoms with van der Waals surface area (Å²) in [5, 5.41) is 16.3. The zero-order valence-electron chi connectivity index (χ0n) is 15.7. The van der Waals surface area contributed by atoms with Gasteiger partial charge in [-0.1, -0.05) is 30.3 Å². The van der Waals surface area contributed by atoms with Crippen molar-refractivity contribution in [1.82, 2.24) is 19.7 Å². The Labute approximate surface area is 163 Å². The van der Waals surface area contributed by atoms with Gasteiger partial charge in [-0.3, -0.25) is 5.10 Å². The number of aryl methyl sites for hydroxylation is 1. The molecule has 0 aliphatic carbocycles. The van der Waals surface area contributed by atoms with Crippen molar-refractivity contribution in [3.05, 3.63) is 78.4 Å². The number of ether oxygens (including phenoxy) is 1. The van der Waals surface area contributed by atoms with Gasteiger partial charge in [-0.2, -0.15) is 5.10 Å². The summed E-state index contributed by atoms with van der Waals surface area (Å²) in [5.41, 5.74) is 6.05. The van der Waals surface area contributed by atoms with E-state index in [1.807, 2.05) is 61.8 Å². The van der Waals surface area contributed by atoms with Crippen LogP contribution >= 0.6 is 0 Å². The van der Waals surface area contributed by atoms with Crippen LogP contribution < -0.4 is 4.74 Å². The third kappa shape index (κ3) is 3.82. The number of benzene rings is 2. The summed E-state index contributed by atoms with van der Waals surface area (Å²) in [7, 11) is 0. The van der Waals surface area contributed by atoms with Crippen LogP contribution in [-0.4, -0.2) is 38.1 Å². The molecule has 6 nitrogen and oxygen atoms in total. The average Bonchev–Trinajstić information content (AvgIpc) is 3.34. The molecule has 0 atom stereocenters. The van der Waals surface area contributed by atoms with Crippen LogP contribution in [-0.2, 0) is 6.54 Å². The lowest BCUT2D eigenvalue weighted by Crippen LogP contribution is -2.03. The van der Waals surface area contributed by atoms with E-state index in [9.17, 15) is 0 Å². The molecule has 142 valence electrons. The lowest BCUT2D eigenvalue weighted by atomic mass is 10.0. The number of aliphatic hydroxyl groups is 1. The maximum Gasteiger partial charge on any atom is 0.119 e. The van der Waals surface area contributed by atoms with Crippen molar-refractivity contribution in [1.29, 1.82) is 0 Å². The Hall–Kier alpha value is -3.38. The molecular formula is C22H22N4O2. The lowest BCUT2D eigenvalue weighted by molar-refractivity contribution is 0.201. The number of imidazole rings is 1. The minimum atomic E-state index is -0.00421. The molecule has 6 heteroatoms. The zero-order chi connectivity index (χ0) is 19.3. The van der Waals surface area contributed by atoms with E-state index < -0.39 is 0 Å². The highest BCUT2D eigenvalue weighted by molar-refractivity contribution is 5.78. The molecule has 0 saturated carbocycles. The average molecular weight is 374 g/mol. The molecule has 0 aliphatic rings. The fraction of sp³-hybridized carbons (Fsp3) is 0.182. The van der Waals surface area contributed by atoms with Gasteiger partial charge in [0.15, 0.2) is 0 Å². The number of nitrogens with zero attached hydrogens (tertiary/aromatic N) is 3. The molecule has 2 N–H and O–H groups in total. The Morgan fingerprint density at radius 2 is 1.82 bits per heavy atom. The second-order valence-electron chi connectivity index (χ2n) is 6.57. The van der Waals surface area contributed by atoms with Gasteiger partial charge >= 0.3 is 0 Å².